The number of amides is 2. The number of carbonyl (C=O) groups is 3. The van der Waals surface area contributed by atoms with Gasteiger partial charge in [0.05, 0.1) is 10.8 Å². The Bertz CT molecular complexity index is 1510. The molecule has 0 aliphatic rings. The normalized spacial score (nSPS) is 11.7. The smallest absolute Gasteiger partial charge is 0.336 e. The first-order chi connectivity index (χ1) is 18.3. The van der Waals surface area contributed by atoms with E-state index in [2.05, 4.69) is 17.6 Å². The summed E-state index contributed by atoms with van der Waals surface area (Å²) in [6.07, 6.45) is 1.46. The molecular formula is C31H30N2O4S. The zero-order valence-corrected chi connectivity index (χ0v) is 22.4. The highest BCUT2D eigenvalue weighted by atomic mass is 32.2. The highest BCUT2D eigenvalue weighted by Crippen LogP contribution is 2.30. The van der Waals surface area contributed by atoms with Crippen LogP contribution in [0.3, 0.4) is 0 Å². The molecule has 3 N–H and O–H groups in total. The van der Waals surface area contributed by atoms with Crippen LogP contribution in [0, 0.1) is 6.92 Å². The lowest BCUT2D eigenvalue weighted by atomic mass is 9.98. The minimum Gasteiger partial charge on any atom is -0.478 e. The predicted molar refractivity (Wildman–Crippen MR) is 154 cm³/mol. The molecule has 0 radical (unpaired) electrons. The van der Waals surface area contributed by atoms with E-state index in [-0.39, 0.29) is 22.3 Å². The van der Waals surface area contributed by atoms with Gasteiger partial charge in [-0.15, -0.1) is 11.8 Å². The number of carbonyl (C=O) groups excluding carboxylic acids is 2. The number of nitrogens with one attached hydrogen (secondary N) is 2. The third-order valence-corrected chi connectivity index (χ3v) is 7.76. The Kier molecular flexibility index (Phi) is 8.48. The van der Waals surface area contributed by atoms with Gasteiger partial charge < -0.3 is 15.7 Å². The van der Waals surface area contributed by atoms with E-state index in [4.69, 9.17) is 0 Å². The van der Waals surface area contributed by atoms with E-state index in [1.165, 1.54) is 17.8 Å². The summed E-state index contributed by atoms with van der Waals surface area (Å²) in [5, 5.41) is 16.4. The van der Waals surface area contributed by atoms with E-state index < -0.39 is 11.9 Å². The van der Waals surface area contributed by atoms with Gasteiger partial charge in [0.15, 0.2) is 0 Å². The molecule has 0 fully saturated rings. The van der Waals surface area contributed by atoms with Crippen molar-refractivity contribution in [2.45, 2.75) is 43.8 Å². The van der Waals surface area contributed by atoms with Crippen LogP contribution in [0.1, 0.15) is 52.1 Å². The third-order valence-electron chi connectivity index (χ3n) is 6.40. The number of anilines is 2. The Hall–Kier alpha value is -4.10. The summed E-state index contributed by atoms with van der Waals surface area (Å²) in [5.41, 5.74) is 3.93. The molecule has 0 spiro atoms. The summed E-state index contributed by atoms with van der Waals surface area (Å²) >= 11 is 1.44. The second-order valence-corrected chi connectivity index (χ2v) is 10.2. The molecule has 0 aliphatic heterocycles. The second kappa shape index (κ2) is 12.0. The molecule has 1 unspecified atom stereocenters. The Morgan fingerprint density at radius 3 is 2.24 bits per heavy atom. The fourth-order valence-electron chi connectivity index (χ4n) is 4.45. The number of benzene rings is 4. The van der Waals surface area contributed by atoms with Crippen LogP contribution in [-0.2, 0) is 11.2 Å². The molecule has 0 bridgehead atoms. The highest BCUT2D eigenvalue weighted by molar-refractivity contribution is 8.00. The summed E-state index contributed by atoms with van der Waals surface area (Å²) in [4.78, 5) is 39.0. The molecular weight excluding hydrogens is 496 g/mol. The lowest BCUT2D eigenvalue weighted by Crippen LogP contribution is -2.25. The molecule has 1 atom stereocenters. The van der Waals surface area contributed by atoms with E-state index in [1.54, 1.807) is 36.4 Å². The van der Waals surface area contributed by atoms with Crippen molar-refractivity contribution in [3.63, 3.8) is 0 Å². The zero-order chi connectivity index (χ0) is 27.2. The number of aryl methyl sites for hydroxylation is 2. The van der Waals surface area contributed by atoms with Crippen molar-refractivity contribution < 1.29 is 19.5 Å². The first kappa shape index (κ1) is 26.9. The number of hydrogen-bond donors (Lipinski definition) is 3. The van der Waals surface area contributed by atoms with Gasteiger partial charge >= 0.3 is 5.97 Å². The topological polar surface area (TPSA) is 95.5 Å². The van der Waals surface area contributed by atoms with Crippen molar-refractivity contribution in [3.05, 3.63) is 101 Å². The number of thioether (sulfide) groups is 1. The molecule has 194 valence electrons. The number of carboxylic acid groups (broad SMARTS) is 1. The van der Waals surface area contributed by atoms with Gasteiger partial charge in [-0.05, 0) is 66.6 Å². The number of aromatic carboxylic acids is 1. The van der Waals surface area contributed by atoms with Crippen LogP contribution in [0.2, 0.25) is 0 Å². The van der Waals surface area contributed by atoms with Crippen molar-refractivity contribution in [2.75, 3.05) is 10.6 Å². The lowest BCUT2D eigenvalue weighted by Gasteiger charge is -2.18. The number of para-hydroxylation sites is 1. The molecule has 0 heterocycles. The quantitative estimate of drug-likeness (QED) is 0.201. The summed E-state index contributed by atoms with van der Waals surface area (Å²) in [6, 6.07) is 23.4. The number of carboxylic acids is 1. The van der Waals surface area contributed by atoms with Crippen LogP contribution in [0.5, 0.6) is 0 Å². The molecule has 2 amide bonds. The van der Waals surface area contributed by atoms with Gasteiger partial charge in [0, 0.05) is 27.2 Å². The van der Waals surface area contributed by atoms with Gasteiger partial charge in [-0.25, -0.2) is 4.79 Å². The van der Waals surface area contributed by atoms with Crippen molar-refractivity contribution in [2.24, 2.45) is 0 Å². The van der Waals surface area contributed by atoms with Gasteiger partial charge in [0.2, 0.25) is 5.91 Å². The van der Waals surface area contributed by atoms with Gasteiger partial charge in [-0.1, -0.05) is 62.4 Å². The van der Waals surface area contributed by atoms with Crippen LogP contribution in [0.25, 0.3) is 10.8 Å². The van der Waals surface area contributed by atoms with E-state index >= 15 is 0 Å². The van der Waals surface area contributed by atoms with E-state index in [1.807, 2.05) is 50.2 Å². The molecule has 4 rings (SSSR count). The molecule has 0 aromatic heterocycles. The van der Waals surface area contributed by atoms with E-state index in [9.17, 15) is 19.5 Å². The van der Waals surface area contributed by atoms with Crippen LogP contribution in [0.15, 0.2) is 83.8 Å². The number of rotatable bonds is 9. The SMILES string of the molecule is CCc1cccc(C)c1NC(=O)C(CC)Sc1cccc(NC(=O)c2cccc3cccc(C(=O)O)c23)c1. The lowest BCUT2D eigenvalue weighted by molar-refractivity contribution is -0.115. The van der Waals surface area contributed by atoms with Gasteiger partial charge in [-0.2, -0.15) is 0 Å². The monoisotopic (exact) mass is 526 g/mol. The van der Waals surface area contributed by atoms with Crippen LogP contribution in [0.4, 0.5) is 11.4 Å². The first-order valence-electron chi connectivity index (χ1n) is 12.5. The maximum Gasteiger partial charge on any atom is 0.336 e. The molecule has 4 aromatic rings. The van der Waals surface area contributed by atoms with Gasteiger partial charge in [-0.3, -0.25) is 9.59 Å². The fourth-order valence-corrected chi connectivity index (χ4v) is 5.46. The molecule has 0 saturated heterocycles. The van der Waals surface area contributed by atoms with E-state index in [0.717, 1.165) is 28.1 Å². The average molecular weight is 527 g/mol. The molecule has 0 saturated carbocycles. The third kappa shape index (κ3) is 5.89. The minimum absolute atomic E-state index is 0.0621. The summed E-state index contributed by atoms with van der Waals surface area (Å²) in [7, 11) is 0. The first-order valence-corrected chi connectivity index (χ1v) is 13.4. The Morgan fingerprint density at radius 2 is 1.55 bits per heavy atom. The molecule has 0 aliphatic carbocycles. The molecule has 4 aromatic carbocycles. The van der Waals surface area contributed by atoms with Crippen molar-refractivity contribution in [1.82, 2.24) is 0 Å². The summed E-state index contributed by atoms with van der Waals surface area (Å²) in [6.45, 7) is 6.03. The maximum absolute atomic E-state index is 13.2. The largest absolute Gasteiger partial charge is 0.478 e. The van der Waals surface area contributed by atoms with Gasteiger partial charge in [0.1, 0.15) is 0 Å². The summed E-state index contributed by atoms with van der Waals surface area (Å²) in [5.74, 6) is -1.55. The molecule has 7 heteroatoms. The van der Waals surface area contributed by atoms with Crippen LogP contribution < -0.4 is 10.6 Å². The number of fused-ring (bicyclic) bond motifs is 1. The fraction of sp³-hybridized carbons (Fsp3) is 0.194. The molecule has 6 nitrogen and oxygen atoms in total. The summed E-state index contributed by atoms with van der Waals surface area (Å²) < 4.78 is 0. The van der Waals surface area contributed by atoms with Crippen molar-refractivity contribution >= 4 is 51.7 Å². The maximum atomic E-state index is 13.2. The second-order valence-electron chi connectivity index (χ2n) is 8.96. The Morgan fingerprint density at radius 1 is 0.868 bits per heavy atom. The standard InChI is InChI=1S/C31H30N2O4S/c1-4-20-11-6-10-19(3)28(20)33-30(35)26(5-2)38-23-15-9-14-22(18-23)32-29(34)24-16-7-12-21-13-8-17-25(27(21)24)31(36)37/h6-18,26H,4-5H2,1-3H3,(H,32,34)(H,33,35)(H,36,37). The highest BCUT2D eigenvalue weighted by Gasteiger charge is 2.21. The minimum atomic E-state index is -1.09. The van der Waals surface area contributed by atoms with Crippen LogP contribution in [-0.4, -0.2) is 28.1 Å². The van der Waals surface area contributed by atoms with Gasteiger partial charge in [0.25, 0.3) is 5.91 Å². The zero-order valence-electron chi connectivity index (χ0n) is 21.6. The predicted octanol–water partition coefficient (Wildman–Crippen LogP) is 7.17. The Balaban J connectivity index is 1.53. The van der Waals surface area contributed by atoms with E-state index in [0.29, 0.717) is 22.9 Å². The average Bonchev–Trinajstić information content (AvgIpc) is 2.92. The van der Waals surface area contributed by atoms with Crippen molar-refractivity contribution in [3.8, 4) is 0 Å². The molecule has 38 heavy (non-hydrogen) atoms. The van der Waals surface area contributed by atoms with Crippen LogP contribution >= 0.6 is 11.8 Å². The Labute approximate surface area is 226 Å². The van der Waals surface area contributed by atoms with Crippen molar-refractivity contribution in [1.29, 1.82) is 0 Å². The number of hydrogen-bond acceptors (Lipinski definition) is 4.